The van der Waals surface area contributed by atoms with Crippen molar-refractivity contribution in [3.8, 4) is 0 Å². The molecule has 0 atom stereocenters. The molecule has 1 aromatic heterocycles. The van der Waals surface area contributed by atoms with Crippen LogP contribution in [0.3, 0.4) is 0 Å². The van der Waals surface area contributed by atoms with Crippen LogP contribution in [0.2, 0.25) is 5.02 Å². The number of aliphatic hydroxyl groups is 2. The van der Waals surface area contributed by atoms with Crippen molar-refractivity contribution < 1.29 is 10.2 Å². The number of rotatable bonds is 6. The van der Waals surface area contributed by atoms with Crippen LogP contribution in [0.25, 0.3) is 0 Å². The van der Waals surface area contributed by atoms with Crippen LogP contribution in [0.15, 0.2) is 41.8 Å². The fraction of sp³-hybridized carbons (Fsp3) is 0.333. The Morgan fingerprint density at radius 1 is 1.05 bits per heavy atom. The molecule has 4 heteroatoms. The number of thiophene rings is 1. The van der Waals surface area contributed by atoms with Gasteiger partial charge in [-0.25, -0.2) is 0 Å². The number of hydrogen-bond donors (Lipinski definition) is 2. The molecule has 0 aliphatic heterocycles. The Morgan fingerprint density at radius 3 is 2.37 bits per heavy atom. The van der Waals surface area contributed by atoms with Gasteiger partial charge in [-0.05, 0) is 35.9 Å². The first-order valence-corrected chi connectivity index (χ1v) is 7.47. The van der Waals surface area contributed by atoms with Gasteiger partial charge in [-0.3, -0.25) is 0 Å². The predicted molar refractivity (Wildman–Crippen MR) is 79.9 cm³/mol. The van der Waals surface area contributed by atoms with Gasteiger partial charge in [-0.15, -0.1) is 11.3 Å². The summed E-state index contributed by atoms with van der Waals surface area (Å²) >= 11 is 7.89. The van der Waals surface area contributed by atoms with Crippen LogP contribution < -0.4 is 0 Å². The lowest BCUT2D eigenvalue weighted by atomic mass is 9.78. The van der Waals surface area contributed by atoms with Crippen molar-refractivity contribution in [1.82, 2.24) is 0 Å². The zero-order valence-corrected chi connectivity index (χ0v) is 12.1. The maximum absolute atomic E-state index is 9.77. The van der Waals surface area contributed by atoms with Crippen molar-refractivity contribution in [2.75, 3.05) is 13.2 Å². The van der Waals surface area contributed by atoms with Crippen LogP contribution in [-0.2, 0) is 11.8 Å². The zero-order chi connectivity index (χ0) is 13.7. The summed E-state index contributed by atoms with van der Waals surface area (Å²) in [6.45, 7) is -0.225. The van der Waals surface area contributed by atoms with Crippen molar-refractivity contribution in [3.63, 3.8) is 0 Å². The highest BCUT2D eigenvalue weighted by atomic mass is 35.5. The van der Waals surface area contributed by atoms with Crippen LogP contribution in [0.1, 0.15) is 16.9 Å². The van der Waals surface area contributed by atoms with Gasteiger partial charge in [-0.1, -0.05) is 35.9 Å². The molecule has 2 rings (SSSR count). The van der Waals surface area contributed by atoms with Crippen molar-refractivity contribution >= 4 is 22.9 Å². The van der Waals surface area contributed by atoms with E-state index in [4.69, 9.17) is 11.6 Å². The average Bonchev–Trinajstić information content (AvgIpc) is 2.95. The van der Waals surface area contributed by atoms with Crippen LogP contribution in [-0.4, -0.2) is 23.4 Å². The summed E-state index contributed by atoms with van der Waals surface area (Å²) in [6, 6.07) is 11.5. The Hall–Kier alpha value is -0.870. The van der Waals surface area contributed by atoms with E-state index in [1.165, 1.54) is 4.88 Å². The molecule has 2 N–H and O–H groups in total. The summed E-state index contributed by atoms with van der Waals surface area (Å²) in [5, 5.41) is 22.2. The maximum Gasteiger partial charge on any atom is 0.0550 e. The molecule has 0 radical (unpaired) electrons. The topological polar surface area (TPSA) is 40.5 Å². The molecule has 0 aliphatic rings. The molecule has 102 valence electrons. The Morgan fingerprint density at radius 2 is 1.79 bits per heavy atom. The van der Waals surface area contributed by atoms with E-state index >= 15 is 0 Å². The van der Waals surface area contributed by atoms with Crippen LogP contribution in [0.5, 0.6) is 0 Å². The van der Waals surface area contributed by atoms with Crippen LogP contribution in [0, 0.1) is 0 Å². The van der Waals surface area contributed by atoms with E-state index in [1.54, 1.807) is 17.4 Å². The van der Waals surface area contributed by atoms with Crippen molar-refractivity contribution in [3.05, 3.63) is 57.2 Å². The van der Waals surface area contributed by atoms with Crippen LogP contribution >= 0.6 is 22.9 Å². The smallest absolute Gasteiger partial charge is 0.0550 e. The second-order valence-corrected chi connectivity index (χ2v) is 6.10. The molecule has 0 amide bonds. The molecular formula is C15H17ClO2S. The molecular weight excluding hydrogens is 280 g/mol. The Kier molecular flexibility index (Phi) is 4.99. The van der Waals surface area contributed by atoms with Crippen molar-refractivity contribution in [1.29, 1.82) is 0 Å². The minimum atomic E-state index is -0.678. The molecule has 0 bridgehead atoms. The van der Waals surface area contributed by atoms with Gasteiger partial charge >= 0.3 is 0 Å². The largest absolute Gasteiger partial charge is 0.395 e. The summed E-state index contributed by atoms with van der Waals surface area (Å²) < 4.78 is 0. The Balaban J connectivity index is 2.24. The standard InChI is InChI=1S/C15H17ClO2S/c16-14-6-2-1-5-13(14)15(10-17,11-18)8-7-12-4-3-9-19-12/h1-6,9,17-18H,7-8,10-11H2. The minimum absolute atomic E-state index is 0.112. The summed E-state index contributed by atoms with van der Waals surface area (Å²) in [7, 11) is 0. The molecule has 0 aliphatic carbocycles. The third kappa shape index (κ3) is 3.18. The van der Waals surface area contributed by atoms with Crippen molar-refractivity contribution in [2.45, 2.75) is 18.3 Å². The van der Waals surface area contributed by atoms with E-state index in [1.807, 2.05) is 29.6 Å². The molecule has 2 nitrogen and oxygen atoms in total. The highest BCUT2D eigenvalue weighted by Gasteiger charge is 2.32. The van der Waals surface area contributed by atoms with E-state index in [0.29, 0.717) is 11.4 Å². The van der Waals surface area contributed by atoms with Gasteiger partial charge in [-0.2, -0.15) is 0 Å². The molecule has 1 aromatic carbocycles. The zero-order valence-electron chi connectivity index (χ0n) is 10.6. The maximum atomic E-state index is 9.77. The molecule has 0 saturated heterocycles. The second kappa shape index (κ2) is 6.53. The Labute approximate surface area is 122 Å². The van der Waals surface area contributed by atoms with Crippen molar-refractivity contribution in [2.24, 2.45) is 0 Å². The van der Waals surface area contributed by atoms with E-state index in [2.05, 4.69) is 6.07 Å². The third-order valence-corrected chi connectivity index (χ3v) is 4.75. The normalized spacial score (nSPS) is 11.7. The molecule has 0 saturated carbocycles. The van der Waals surface area contributed by atoms with Gasteiger partial charge in [0.2, 0.25) is 0 Å². The monoisotopic (exact) mass is 296 g/mol. The number of halogens is 1. The molecule has 0 fully saturated rings. The molecule has 0 spiro atoms. The fourth-order valence-corrected chi connectivity index (χ4v) is 3.27. The number of benzene rings is 1. The van der Waals surface area contributed by atoms with Gasteiger partial charge in [0.1, 0.15) is 0 Å². The molecule has 0 unspecified atom stereocenters. The first-order chi connectivity index (χ1) is 9.22. The number of aryl methyl sites for hydroxylation is 1. The van der Waals surface area contributed by atoms with E-state index in [0.717, 1.165) is 12.0 Å². The van der Waals surface area contributed by atoms with Gasteiger partial charge in [0.15, 0.2) is 0 Å². The highest BCUT2D eigenvalue weighted by molar-refractivity contribution is 7.09. The van der Waals surface area contributed by atoms with E-state index < -0.39 is 5.41 Å². The number of hydrogen-bond acceptors (Lipinski definition) is 3. The Bertz CT molecular complexity index is 507. The first kappa shape index (κ1) is 14.5. The molecule has 19 heavy (non-hydrogen) atoms. The molecule has 1 heterocycles. The van der Waals surface area contributed by atoms with E-state index in [9.17, 15) is 10.2 Å². The number of aliphatic hydroxyl groups excluding tert-OH is 2. The highest BCUT2D eigenvalue weighted by Crippen LogP contribution is 2.34. The minimum Gasteiger partial charge on any atom is -0.395 e. The lowest BCUT2D eigenvalue weighted by Crippen LogP contribution is -2.35. The first-order valence-electron chi connectivity index (χ1n) is 6.21. The average molecular weight is 297 g/mol. The lowest BCUT2D eigenvalue weighted by Gasteiger charge is -2.31. The quantitative estimate of drug-likeness (QED) is 0.859. The summed E-state index contributed by atoms with van der Waals surface area (Å²) in [5.41, 5.74) is 0.140. The summed E-state index contributed by atoms with van der Waals surface area (Å²) in [4.78, 5) is 1.25. The summed E-state index contributed by atoms with van der Waals surface area (Å²) in [6.07, 6.45) is 1.49. The fourth-order valence-electron chi connectivity index (χ4n) is 2.22. The predicted octanol–water partition coefficient (Wildman–Crippen LogP) is 3.26. The third-order valence-electron chi connectivity index (χ3n) is 3.48. The van der Waals surface area contributed by atoms with Gasteiger partial charge in [0.25, 0.3) is 0 Å². The molecule has 2 aromatic rings. The second-order valence-electron chi connectivity index (χ2n) is 4.66. The van der Waals surface area contributed by atoms with Gasteiger partial charge in [0.05, 0.1) is 13.2 Å². The summed E-state index contributed by atoms with van der Waals surface area (Å²) in [5.74, 6) is 0. The van der Waals surface area contributed by atoms with Crippen LogP contribution in [0.4, 0.5) is 0 Å². The SMILES string of the molecule is OCC(CO)(CCc1cccs1)c1ccccc1Cl. The van der Waals surface area contributed by atoms with Gasteiger partial charge < -0.3 is 10.2 Å². The van der Waals surface area contributed by atoms with Gasteiger partial charge in [0, 0.05) is 15.3 Å². The lowest BCUT2D eigenvalue weighted by molar-refractivity contribution is 0.110. The van der Waals surface area contributed by atoms with E-state index in [-0.39, 0.29) is 13.2 Å².